The SMILES string of the molecule is O=c1[nH]c(N2CCCC2)nc(O)c1-c1ccccc1Cl. The highest BCUT2D eigenvalue weighted by Gasteiger charge is 2.19. The zero-order valence-electron chi connectivity index (χ0n) is 10.8. The van der Waals surface area contributed by atoms with E-state index in [2.05, 4.69) is 9.97 Å². The van der Waals surface area contributed by atoms with Crippen molar-refractivity contribution in [3.63, 3.8) is 0 Å². The molecule has 0 aliphatic carbocycles. The van der Waals surface area contributed by atoms with Crippen molar-refractivity contribution in [2.75, 3.05) is 18.0 Å². The number of halogens is 1. The molecule has 1 fully saturated rings. The van der Waals surface area contributed by atoms with Crippen LogP contribution in [0.3, 0.4) is 0 Å². The fourth-order valence-corrected chi connectivity index (χ4v) is 2.67. The molecule has 0 radical (unpaired) electrons. The van der Waals surface area contributed by atoms with Crippen molar-refractivity contribution in [3.05, 3.63) is 39.6 Å². The molecule has 1 aromatic heterocycles. The maximum absolute atomic E-state index is 12.2. The van der Waals surface area contributed by atoms with Crippen molar-refractivity contribution in [3.8, 4) is 17.0 Å². The number of aromatic amines is 1. The van der Waals surface area contributed by atoms with E-state index >= 15 is 0 Å². The van der Waals surface area contributed by atoms with Gasteiger partial charge in [0, 0.05) is 23.7 Å². The highest BCUT2D eigenvalue weighted by molar-refractivity contribution is 6.33. The zero-order chi connectivity index (χ0) is 14.1. The Labute approximate surface area is 120 Å². The van der Waals surface area contributed by atoms with Crippen molar-refractivity contribution >= 4 is 17.5 Å². The Morgan fingerprint density at radius 3 is 2.60 bits per heavy atom. The molecule has 0 amide bonds. The average Bonchev–Trinajstić information content (AvgIpc) is 2.94. The largest absolute Gasteiger partial charge is 0.493 e. The van der Waals surface area contributed by atoms with Crippen LogP contribution >= 0.6 is 11.6 Å². The zero-order valence-corrected chi connectivity index (χ0v) is 11.5. The Kier molecular flexibility index (Phi) is 3.36. The third kappa shape index (κ3) is 2.25. The first-order chi connectivity index (χ1) is 9.66. The molecule has 5 nitrogen and oxygen atoms in total. The van der Waals surface area contributed by atoms with Gasteiger partial charge in [0.05, 0.1) is 0 Å². The van der Waals surface area contributed by atoms with Gasteiger partial charge in [-0.25, -0.2) is 0 Å². The molecule has 1 aromatic carbocycles. The van der Waals surface area contributed by atoms with E-state index in [1.165, 1.54) is 0 Å². The van der Waals surface area contributed by atoms with Gasteiger partial charge in [-0.2, -0.15) is 4.98 Å². The minimum Gasteiger partial charge on any atom is -0.493 e. The quantitative estimate of drug-likeness (QED) is 0.891. The molecule has 0 bridgehead atoms. The molecular weight excluding hydrogens is 278 g/mol. The number of hydrogen-bond acceptors (Lipinski definition) is 4. The van der Waals surface area contributed by atoms with Crippen molar-refractivity contribution in [1.29, 1.82) is 0 Å². The lowest BCUT2D eigenvalue weighted by atomic mass is 10.1. The van der Waals surface area contributed by atoms with Crippen LogP contribution in [0.5, 0.6) is 5.88 Å². The average molecular weight is 292 g/mol. The number of aromatic hydroxyl groups is 1. The summed E-state index contributed by atoms with van der Waals surface area (Å²) in [4.78, 5) is 21.0. The summed E-state index contributed by atoms with van der Waals surface area (Å²) in [7, 11) is 0. The minimum atomic E-state index is -0.382. The fraction of sp³-hybridized carbons (Fsp3) is 0.286. The summed E-state index contributed by atoms with van der Waals surface area (Å²) in [6.07, 6.45) is 2.13. The summed E-state index contributed by atoms with van der Waals surface area (Å²) in [6.45, 7) is 1.68. The van der Waals surface area contributed by atoms with Gasteiger partial charge in [0.15, 0.2) is 0 Å². The van der Waals surface area contributed by atoms with Gasteiger partial charge in [-0.15, -0.1) is 0 Å². The van der Waals surface area contributed by atoms with Gasteiger partial charge in [-0.1, -0.05) is 29.8 Å². The summed E-state index contributed by atoms with van der Waals surface area (Å²) in [5.74, 6) is 0.129. The summed E-state index contributed by atoms with van der Waals surface area (Å²) in [6, 6.07) is 6.88. The number of nitrogens with zero attached hydrogens (tertiary/aromatic N) is 2. The molecule has 6 heteroatoms. The van der Waals surface area contributed by atoms with E-state index in [1.54, 1.807) is 24.3 Å². The normalized spacial score (nSPS) is 14.8. The lowest BCUT2D eigenvalue weighted by molar-refractivity contribution is 0.453. The number of H-pyrrole nitrogens is 1. The third-order valence-electron chi connectivity index (χ3n) is 3.44. The van der Waals surface area contributed by atoms with Crippen LogP contribution in [0.15, 0.2) is 29.1 Å². The maximum Gasteiger partial charge on any atom is 0.264 e. The number of nitrogens with one attached hydrogen (secondary N) is 1. The van der Waals surface area contributed by atoms with E-state index < -0.39 is 0 Å². The van der Waals surface area contributed by atoms with E-state index in [-0.39, 0.29) is 17.0 Å². The highest BCUT2D eigenvalue weighted by atomic mass is 35.5. The van der Waals surface area contributed by atoms with Crippen molar-refractivity contribution in [2.45, 2.75) is 12.8 Å². The first-order valence-corrected chi connectivity index (χ1v) is 6.88. The molecule has 1 aliphatic rings. The third-order valence-corrected chi connectivity index (χ3v) is 3.77. The van der Waals surface area contributed by atoms with Crippen LogP contribution in [0, 0.1) is 0 Å². The van der Waals surface area contributed by atoms with Crippen LogP contribution in [-0.4, -0.2) is 28.2 Å². The Hall–Kier alpha value is -2.01. The molecule has 1 aliphatic heterocycles. The van der Waals surface area contributed by atoms with Crippen LogP contribution in [0.4, 0.5) is 5.95 Å². The standard InChI is InChI=1S/C14H14ClN3O2/c15-10-6-2-1-5-9(10)11-12(19)16-14(17-13(11)20)18-7-3-4-8-18/h1-2,5-6H,3-4,7-8H2,(H2,16,17,19,20). The van der Waals surface area contributed by atoms with E-state index in [4.69, 9.17) is 11.6 Å². The molecule has 20 heavy (non-hydrogen) atoms. The van der Waals surface area contributed by atoms with E-state index in [1.807, 2.05) is 4.90 Å². The van der Waals surface area contributed by atoms with Gasteiger partial charge in [-0.05, 0) is 18.9 Å². The Morgan fingerprint density at radius 2 is 1.95 bits per heavy atom. The maximum atomic E-state index is 12.2. The van der Waals surface area contributed by atoms with Crippen LogP contribution in [0.25, 0.3) is 11.1 Å². The predicted octanol–water partition coefficient (Wildman–Crippen LogP) is 2.40. The molecule has 3 rings (SSSR count). The number of aromatic nitrogens is 2. The molecule has 0 atom stereocenters. The smallest absolute Gasteiger partial charge is 0.264 e. The molecule has 0 saturated carbocycles. The number of anilines is 1. The van der Waals surface area contributed by atoms with Gasteiger partial charge in [0.2, 0.25) is 11.8 Å². The second-order valence-electron chi connectivity index (χ2n) is 4.76. The van der Waals surface area contributed by atoms with Crippen molar-refractivity contribution in [2.24, 2.45) is 0 Å². The number of hydrogen-bond donors (Lipinski definition) is 2. The predicted molar refractivity (Wildman–Crippen MR) is 78.4 cm³/mol. The monoisotopic (exact) mass is 291 g/mol. The lowest BCUT2D eigenvalue weighted by Gasteiger charge is -2.16. The van der Waals surface area contributed by atoms with E-state index in [0.29, 0.717) is 16.5 Å². The van der Waals surface area contributed by atoms with Gasteiger partial charge in [0.1, 0.15) is 5.56 Å². The van der Waals surface area contributed by atoms with Crippen LogP contribution in [0.2, 0.25) is 5.02 Å². The van der Waals surface area contributed by atoms with Gasteiger partial charge in [0.25, 0.3) is 5.56 Å². The molecule has 2 aromatic rings. The van der Waals surface area contributed by atoms with Crippen LogP contribution in [-0.2, 0) is 0 Å². The molecule has 2 N–H and O–H groups in total. The highest BCUT2D eigenvalue weighted by Crippen LogP contribution is 2.30. The Bertz CT molecular complexity index is 693. The van der Waals surface area contributed by atoms with Crippen LogP contribution < -0.4 is 10.5 Å². The molecule has 0 unspecified atom stereocenters. The van der Waals surface area contributed by atoms with Crippen LogP contribution in [0.1, 0.15) is 12.8 Å². The topological polar surface area (TPSA) is 69.2 Å². The Balaban J connectivity index is 2.10. The summed E-state index contributed by atoms with van der Waals surface area (Å²) in [5, 5.41) is 10.5. The first kappa shape index (κ1) is 13.0. The second-order valence-corrected chi connectivity index (χ2v) is 5.17. The van der Waals surface area contributed by atoms with Gasteiger partial charge in [-0.3, -0.25) is 9.78 Å². The number of benzene rings is 1. The lowest BCUT2D eigenvalue weighted by Crippen LogP contribution is -2.24. The molecule has 0 spiro atoms. The molecule has 1 saturated heterocycles. The summed E-state index contributed by atoms with van der Waals surface area (Å²) in [5.41, 5.74) is 0.208. The second kappa shape index (κ2) is 5.17. The van der Waals surface area contributed by atoms with E-state index in [0.717, 1.165) is 25.9 Å². The minimum absolute atomic E-state index is 0.110. The fourth-order valence-electron chi connectivity index (χ4n) is 2.44. The van der Waals surface area contributed by atoms with Crippen molar-refractivity contribution < 1.29 is 5.11 Å². The summed E-state index contributed by atoms with van der Waals surface area (Å²) < 4.78 is 0. The number of rotatable bonds is 2. The molecule has 2 heterocycles. The van der Waals surface area contributed by atoms with Crippen molar-refractivity contribution in [1.82, 2.24) is 9.97 Å². The summed E-state index contributed by atoms with van der Waals surface area (Å²) >= 11 is 6.07. The van der Waals surface area contributed by atoms with Gasteiger partial charge < -0.3 is 10.0 Å². The first-order valence-electron chi connectivity index (χ1n) is 6.50. The molecule has 104 valence electrons. The van der Waals surface area contributed by atoms with E-state index in [9.17, 15) is 9.90 Å². The molecular formula is C14H14ClN3O2. The Morgan fingerprint density at radius 1 is 1.25 bits per heavy atom. The van der Waals surface area contributed by atoms with Gasteiger partial charge >= 0.3 is 0 Å².